The molecule has 0 aliphatic carbocycles. The SMILES string of the molecule is CC(C)N1CCN(n2c(CCN)nc3cccc(Cl)c3c2=O)CC1. The summed E-state index contributed by atoms with van der Waals surface area (Å²) in [5, 5.41) is 2.99. The Kier molecular flexibility index (Phi) is 5.08. The van der Waals surface area contributed by atoms with E-state index in [4.69, 9.17) is 17.3 Å². The Morgan fingerprint density at radius 3 is 2.58 bits per heavy atom. The van der Waals surface area contributed by atoms with Crippen LogP contribution in [0.1, 0.15) is 19.7 Å². The zero-order chi connectivity index (χ0) is 17.3. The van der Waals surface area contributed by atoms with Crippen molar-refractivity contribution in [1.82, 2.24) is 14.6 Å². The van der Waals surface area contributed by atoms with Crippen molar-refractivity contribution in [2.45, 2.75) is 26.3 Å². The highest BCUT2D eigenvalue weighted by atomic mass is 35.5. The van der Waals surface area contributed by atoms with Gasteiger partial charge in [-0.25, -0.2) is 9.66 Å². The van der Waals surface area contributed by atoms with Gasteiger partial charge in [-0.2, -0.15) is 0 Å². The van der Waals surface area contributed by atoms with E-state index in [9.17, 15) is 4.79 Å². The standard InChI is InChI=1S/C17H24ClN5O/c1-12(2)21-8-10-22(11-9-21)23-15(6-7-19)20-14-5-3-4-13(18)16(14)17(23)24/h3-5,12H,6-11,19H2,1-2H3. The van der Waals surface area contributed by atoms with E-state index in [0.717, 1.165) is 26.2 Å². The Labute approximate surface area is 146 Å². The van der Waals surface area contributed by atoms with Crippen LogP contribution < -0.4 is 16.3 Å². The normalized spacial score (nSPS) is 16.3. The molecule has 0 spiro atoms. The van der Waals surface area contributed by atoms with Crippen molar-refractivity contribution < 1.29 is 0 Å². The van der Waals surface area contributed by atoms with Crippen LogP contribution in [0.15, 0.2) is 23.0 Å². The summed E-state index contributed by atoms with van der Waals surface area (Å²) in [6.45, 7) is 8.25. The molecule has 3 rings (SSSR count). The van der Waals surface area contributed by atoms with Crippen LogP contribution >= 0.6 is 11.6 Å². The minimum atomic E-state index is -0.105. The van der Waals surface area contributed by atoms with E-state index in [1.807, 2.05) is 12.1 Å². The van der Waals surface area contributed by atoms with E-state index in [-0.39, 0.29) is 5.56 Å². The lowest BCUT2D eigenvalue weighted by molar-refractivity contribution is 0.194. The lowest BCUT2D eigenvalue weighted by atomic mass is 10.2. The summed E-state index contributed by atoms with van der Waals surface area (Å²) in [7, 11) is 0. The van der Waals surface area contributed by atoms with Gasteiger partial charge in [0.2, 0.25) is 0 Å². The predicted octanol–water partition coefficient (Wildman–Crippen LogP) is 1.21. The van der Waals surface area contributed by atoms with Crippen LogP contribution in [0.5, 0.6) is 0 Å². The number of hydrogen-bond donors (Lipinski definition) is 1. The van der Waals surface area contributed by atoms with Crippen LogP contribution in [-0.2, 0) is 6.42 Å². The maximum absolute atomic E-state index is 13.1. The molecule has 1 saturated heterocycles. The number of nitrogens with zero attached hydrogens (tertiary/aromatic N) is 4. The monoisotopic (exact) mass is 349 g/mol. The molecule has 0 radical (unpaired) electrons. The molecule has 0 atom stereocenters. The summed E-state index contributed by atoms with van der Waals surface area (Å²) in [6.07, 6.45) is 0.558. The minimum Gasteiger partial charge on any atom is -0.330 e. The fraction of sp³-hybridized carbons (Fsp3) is 0.529. The van der Waals surface area contributed by atoms with Gasteiger partial charge in [0.25, 0.3) is 5.56 Å². The van der Waals surface area contributed by atoms with E-state index in [2.05, 4.69) is 28.7 Å². The minimum absolute atomic E-state index is 0.105. The van der Waals surface area contributed by atoms with Crippen molar-refractivity contribution in [2.75, 3.05) is 37.7 Å². The van der Waals surface area contributed by atoms with Crippen molar-refractivity contribution in [3.63, 3.8) is 0 Å². The van der Waals surface area contributed by atoms with E-state index in [0.29, 0.717) is 40.8 Å². The first-order valence-corrected chi connectivity index (χ1v) is 8.80. The number of fused-ring (bicyclic) bond motifs is 1. The first-order chi connectivity index (χ1) is 11.5. The Hall–Kier alpha value is -1.63. The molecule has 7 heteroatoms. The lowest BCUT2D eigenvalue weighted by Crippen LogP contribution is -2.56. The second-order valence-electron chi connectivity index (χ2n) is 6.40. The van der Waals surface area contributed by atoms with Gasteiger partial charge in [0.1, 0.15) is 5.82 Å². The number of aromatic nitrogens is 2. The molecule has 1 fully saturated rings. The van der Waals surface area contributed by atoms with Gasteiger partial charge in [-0.1, -0.05) is 17.7 Å². The van der Waals surface area contributed by atoms with Crippen LogP contribution in [0.4, 0.5) is 0 Å². The predicted molar refractivity (Wildman–Crippen MR) is 98.4 cm³/mol. The highest BCUT2D eigenvalue weighted by Gasteiger charge is 2.23. The zero-order valence-corrected chi connectivity index (χ0v) is 15.0. The van der Waals surface area contributed by atoms with E-state index < -0.39 is 0 Å². The molecule has 0 saturated carbocycles. The third-order valence-electron chi connectivity index (χ3n) is 4.56. The Morgan fingerprint density at radius 2 is 1.96 bits per heavy atom. The highest BCUT2D eigenvalue weighted by Crippen LogP contribution is 2.19. The van der Waals surface area contributed by atoms with Crippen LogP contribution in [0, 0.1) is 0 Å². The molecular weight excluding hydrogens is 326 g/mol. The Morgan fingerprint density at radius 1 is 1.25 bits per heavy atom. The number of rotatable bonds is 4. The molecule has 0 unspecified atom stereocenters. The molecule has 1 aliphatic heterocycles. The molecule has 1 aliphatic rings. The zero-order valence-electron chi connectivity index (χ0n) is 14.2. The molecule has 2 aromatic rings. The molecule has 6 nitrogen and oxygen atoms in total. The summed E-state index contributed by atoms with van der Waals surface area (Å²) in [4.78, 5) is 20.2. The molecule has 0 bridgehead atoms. The van der Waals surface area contributed by atoms with Gasteiger partial charge in [0.15, 0.2) is 0 Å². The maximum Gasteiger partial charge on any atom is 0.281 e. The fourth-order valence-corrected chi connectivity index (χ4v) is 3.49. The highest BCUT2D eigenvalue weighted by molar-refractivity contribution is 6.35. The van der Waals surface area contributed by atoms with Crippen molar-refractivity contribution in [3.05, 3.63) is 39.4 Å². The van der Waals surface area contributed by atoms with Crippen LogP contribution in [-0.4, -0.2) is 53.3 Å². The van der Waals surface area contributed by atoms with Gasteiger partial charge in [0, 0.05) is 38.6 Å². The molecule has 0 amide bonds. The van der Waals surface area contributed by atoms with Crippen molar-refractivity contribution in [2.24, 2.45) is 5.73 Å². The fourth-order valence-electron chi connectivity index (χ4n) is 3.24. The smallest absolute Gasteiger partial charge is 0.281 e. The van der Waals surface area contributed by atoms with Crippen molar-refractivity contribution in [1.29, 1.82) is 0 Å². The van der Waals surface area contributed by atoms with Crippen molar-refractivity contribution in [3.8, 4) is 0 Å². The van der Waals surface area contributed by atoms with Gasteiger partial charge in [-0.05, 0) is 32.5 Å². The third-order valence-corrected chi connectivity index (χ3v) is 4.88. The average Bonchev–Trinajstić information content (AvgIpc) is 2.55. The van der Waals surface area contributed by atoms with Gasteiger partial charge in [-0.15, -0.1) is 0 Å². The number of halogens is 1. The van der Waals surface area contributed by atoms with E-state index in [1.54, 1.807) is 10.7 Å². The number of nitrogens with two attached hydrogens (primary N) is 1. The van der Waals surface area contributed by atoms with E-state index in [1.165, 1.54) is 0 Å². The second kappa shape index (κ2) is 7.09. The van der Waals surface area contributed by atoms with E-state index >= 15 is 0 Å². The second-order valence-corrected chi connectivity index (χ2v) is 6.81. The quantitative estimate of drug-likeness (QED) is 0.898. The summed E-state index contributed by atoms with van der Waals surface area (Å²) >= 11 is 6.26. The number of benzene rings is 1. The van der Waals surface area contributed by atoms with Gasteiger partial charge in [-0.3, -0.25) is 9.69 Å². The topological polar surface area (TPSA) is 67.4 Å². The molecule has 1 aromatic carbocycles. The number of piperazine rings is 1. The third kappa shape index (κ3) is 3.14. The molecule has 130 valence electrons. The summed E-state index contributed by atoms with van der Waals surface area (Å²) in [5.74, 6) is 0.704. The van der Waals surface area contributed by atoms with Gasteiger partial charge >= 0.3 is 0 Å². The van der Waals surface area contributed by atoms with Crippen LogP contribution in [0.3, 0.4) is 0 Å². The average molecular weight is 350 g/mol. The maximum atomic E-state index is 13.1. The molecule has 2 N–H and O–H groups in total. The lowest BCUT2D eigenvalue weighted by Gasteiger charge is -2.39. The summed E-state index contributed by atoms with van der Waals surface area (Å²) in [5.41, 5.74) is 6.26. The van der Waals surface area contributed by atoms with Crippen molar-refractivity contribution >= 4 is 22.5 Å². The first-order valence-electron chi connectivity index (χ1n) is 8.42. The summed E-state index contributed by atoms with van der Waals surface area (Å²) in [6, 6.07) is 5.88. The van der Waals surface area contributed by atoms with Gasteiger partial charge in [0.05, 0.1) is 15.9 Å². The molecule has 2 heterocycles. The van der Waals surface area contributed by atoms with Crippen LogP contribution in [0.25, 0.3) is 10.9 Å². The first kappa shape index (κ1) is 17.2. The number of hydrogen-bond acceptors (Lipinski definition) is 5. The Bertz CT molecular complexity index is 780. The molecular formula is C17H24ClN5O. The van der Waals surface area contributed by atoms with Gasteiger partial charge < -0.3 is 10.7 Å². The molecule has 24 heavy (non-hydrogen) atoms. The van der Waals surface area contributed by atoms with Crippen LogP contribution in [0.2, 0.25) is 5.02 Å². The molecule has 1 aromatic heterocycles. The Balaban J connectivity index is 2.06. The summed E-state index contributed by atoms with van der Waals surface area (Å²) < 4.78 is 1.69. The largest absolute Gasteiger partial charge is 0.330 e.